The van der Waals surface area contributed by atoms with E-state index in [4.69, 9.17) is 4.98 Å². The molecule has 274 valence electrons. The molecule has 4 aromatic carbocycles. The van der Waals surface area contributed by atoms with E-state index in [1.807, 2.05) is 49.8 Å². The Kier molecular flexibility index (Phi) is 11.3. The number of aromatic nitrogens is 3. The van der Waals surface area contributed by atoms with Crippen LogP contribution in [-0.4, -0.2) is 14.5 Å². The van der Waals surface area contributed by atoms with Crippen LogP contribution in [0, 0.1) is 5.92 Å². The Morgan fingerprint density at radius 1 is 0.818 bits per heavy atom. The lowest BCUT2D eigenvalue weighted by Gasteiger charge is -2.17. The molecule has 3 heterocycles. The van der Waals surface area contributed by atoms with Gasteiger partial charge in [0.2, 0.25) is 0 Å². The number of aryl methyl sites for hydroxylation is 1. The molecule has 7 aromatic rings. The third-order valence-corrected chi connectivity index (χ3v) is 10.4. The zero-order chi connectivity index (χ0) is 38.3. The van der Waals surface area contributed by atoms with Gasteiger partial charge in [0.15, 0.2) is 0 Å². The Labute approximate surface area is 326 Å². The summed E-state index contributed by atoms with van der Waals surface area (Å²) >= 11 is 0. The van der Waals surface area contributed by atoms with Crippen LogP contribution in [0.3, 0.4) is 0 Å². The van der Waals surface area contributed by atoms with Crippen molar-refractivity contribution >= 4 is 55.2 Å². The molecule has 0 spiro atoms. The van der Waals surface area contributed by atoms with Crippen LogP contribution < -0.4 is 5.32 Å². The van der Waals surface area contributed by atoms with Crippen LogP contribution >= 0.6 is 0 Å². The van der Waals surface area contributed by atoms with Crippen LogP contribution in [0.15, 0.2) is 159 Å². The summed E-state index contributed by atoms with van der Waals surface area (Å²) in [5.74, 6) is 0.505. The van der Waals surface area contributed by atoms with E-state index in [1.165, 1.54) is 27.4 Å². The lowest BCUT2D eigenvalue weighted by Crippen LogP contribution is -1.98. The van der Waals surface area contributed by atoms with Crippen molar-refractivity contribution < 1.29 is 0 Å². The normalized spacial score (nSPS) is 12.9. The SMILES string of the molecule is C=C(/C=C\C=C/C)c1cc(-c2ccc3c4c5ncccc5ccc4n(CC)c3c2)ccc1Nc1cc(C(/C=C\C(C)CC)=C/CC)cc(-c2cccnc2)c1. The summed E-state index contributed by atoms with van der Waals surface area (Å²) in [7, 11) is 0. The molecule has 3 aromatic heterocycles. The summed E-state index contributed by atoms with van der Waals surface area (Å²) in [6.07, 6.45) is 22.8. The topological polar surface area (TPSA) is 42.7 Å². The van der Waals surface area contributed by atoms with Crippen molar-refractivity contribution in [1.82, 2.24) is 14.5 Å². The molecule has 0 saturated carbocycles. The first kappa shape index (κ1) is 37.1. The second kappa shape index (κ2) is 16.8. The van der Waals surface area contributed by atoms with Gasteiger partial charge < -0.3 is 9.88 Å². The van der Waals surface area contributed by atoms with Gasteiger partial charge in [-0.05, 0) is 114 Å². The third kappa shape index (κ3) is 7.86. The zero-order valence-corrected chi connectivity index (χ0v) is 32.7. The summed E-state index contributed by atoms with van der Waals surface area (Å²) in [4.78, 5) is 9.25. The number of fused-ring (bicyclic) bond motifs is 5. The summed E-state index contributed by atoms with van der Waals surface area (Å²) in [5.41, 5.74) is 14.3. The van der Waals surface area contributed by atoms with Crippen LogP contribution in [0.25, 0.3) is 66.1 Å². The maximum atomic E-state index is 4.81. The number of benzene rings is 4. The van der Waals surface area contributed by atoms with Crippen molar-refractivity contribution in [2.75, 3.05) is 5.32 Å². The maximum Gasteiger partial charge on any atom is 0.0802 e. The Morgan fingerprint density at radius 3 is 2.44 bits per heavy atom. The van der Waals surface area contributed by atoms with Crippen LogP contribution in [0.4, 0.5) is 11.4 Å². The number of nitrogens with one attached hydrogen (secondary N) is 1. The molecular formula is C51H50N4. The molecule has 7 rings (SSSR count). The van der Waals surface area contributed by atoms with E-state index in [0.717, 1.165) is 80.6 Å². The smallest absolute Gasteiger partial charge is 0.0802 e. The first-order valence-electron chi connectivity index (χ1n) is 19.6. The molecule has 1 atom stereocenters. The summed E-state index contributed by atoms with van der Waals surface area (Å²) < 4.78 is 2.41. The Morgan fingerprint density at radius 2 is 1.65 bits per heavy atom. The van der Waals surface area contributed by atoms with Gasteiger partial charge in [-0.1, -0.05) is 113 Å². The quantitative estimate of drug-likeness (QED) is 0.121. The minimum absolute atomic E-state index is 0.505. The second-order valence-electron chi connectivity index (χ2n) is 14.2. The zero-order valence-electron chi connectivity index (χ0n) is 32.7. The molecule has 55 heavy (non-hydrogen) atoms. The summed E-state index contributed by atoms with van der Waals surface area (Å²) in [6, 6.07) is 32.9. The molecule has 0 aliphatic carbocycles. The molecule has 0 saturated heterocycles. The molecule has 0 aliphatic rings. The second-order valence-corrected chi connectivity index (χ2v) is 14.2. The van der Waals surface area contributed by atoms with Gasteiger partial charge in [-0.15, -0.1) is 0 Å². The van der Waals surface area contributed by atoms with Gasteiger partial charge in [0.1, 0.15) is 0 Å². The number of rotatable bonds is 13. The number of nitrogens with zero attached hydrogens (tertiary/aromatic N) is 3. The van der Waals surface area contributed by atoms with Gasteiger partial charge in [-0.3, -0.25) is 9.97 Å². The third-order valence-electron chi connectivity index (χ3n) is 10.4. The predicted molar refractivity (Wildman–Crippen MR) is 239 cm³/mol. The van der Waals surface area contributed by atoms with E-state index >= 15 is 0 Å². The van der Waals surface area contributed by atoms with Gasteiger partial charge in [-0.25, -0.2) is 0 Å². The number of pyridine rings is 2. The van der Waals surface area contributed by atoms with Crippen LogP contribution in [0.1, 0.15) is 58.6 Å². The molecule has 0 radical (unpaired) electrons. The minimum Gasteiger partial charge on any atom is -0.355 e. The van der Waals surface area contributed by atoms with Crippen molar-refractivity contribution in [2.24, 2.45) is 5.92 Å². The molecule has 1 unspecified atom stereocenters. The average molecular weight is 719 g/mol. The van der Waals surface area contributed by atoms with Gasteiger partial charge in [-0.2, -0.15) is 0 Å². The van der Waals surface area contributed by atoms with E-state index < -0.39 is 0 Å². The highest BCUT2D eigenvalue weighted by Gasteiger charge is 2.16. The molecule has 0 amide bonds. The van der Waals surface area contributed by atoms with E-state index in [0.29, 0.717) is 5.92 Å². The van der Waals surface area contributed by atoms with Crippen molar-refractivity contribution in [3.8, 4) is 22.3 Å². The fourth-order valence-electron chi connectivity index (χ4n) is 7.34. The number of hydrogen-bond acceptors (Lipinski definition) is 3. The molecule has 4 nitrogen and oxygen atoms in total. The van der Waals surface area contributed by atoms with Crippen LogP contribution in [0.5, 0.6) is 0 Å². The van der Waals surface area contributed by atoms with Crippen molar-refractivity contribution in [3.63, 3.8) is 0 Å². The summed E-state index contributed by atoms with van der Waals surface area (Å²) in [6.45, 7) is 16.4. The maximum absolute atomic E-state index is 4.81. The largest absolute Gasteiger partial charge is 0.355 e. The highest BCUT2D eigenvalue weighted by atomic mass is 15.0. The van der Waals surface area contributed by atoms with E-state index in [1.54, 1.807) is 0 Å². The fourth-order valence-corrected chi connectivity index (χ4v) is 7.34. The highest BCUT2D eigenvalue weighted by molar-refractivity contribution is 6.19. The van der Waals surface area contributed by atoms with Crippen molar-refractivity contribution in [2.45, 2.75) is 54.0 Å². The van der Waals surface area contributed by atoms with Crippen LogP contribution in [0.2, 0.25) is 0 Å². The predicted octanol–water partition coefficient (Wildman–Crippen LogP) is 14.4. The minimum atomic E-state index is 0.505. The van der Waals surface area contributed by atoms with Gasteiger partial charge in [0, 0.05) is 69.3 Å². The lowest BCUT2D eigenvalue weighted by molar-refractivity contribution is 0.698. The number of hydrogen-bond donors (Lipinski definition) is 1. The molecule has 0 aliphatic heterocycles. The first-order chi connectivity index (χ1) is 26.9. The van der Waals surface area contributed by atoms with E-state index in [-0.39, 0.29) is 0 Å². The monoisotopic (exact) mass is 718 g/mol. The van der Waals surface area contributed by atoms with Gasteiger partial charge >= 0.3 is 0 Å². The van der Waals surface area contributed by atoms with Gasteiger partial charge in [0.05, 0.1) is 11.0 Å². The van der Waals surface area contributed by atoms with Gasteiger partial charge in [0.25, 0.3) is 0 Å². The van der Waals surface area contributed by atoms with Crippen LogP contribution in [-0.2, 0) is 6.54 Å². The Hall–Kier alpha value is -6.26. The molecule has 0 fully saturated rings. The van der Waals surface area contributed by atoms with E-state index in [9.17, 15) is 0 Å². The molecular weight excluding hydrogens is 669 g/mol. The Bertz CT molecular complexity index is 2620. The average Bonchev–Trinajstić information content (AvgIpc) is 3.55. The van der Waals surface area contributed by atoms with Crippen molar-refractivity contribution in [3.05, 3.63) is 170 Å². The van der Waals surface area contributed by atoms with E-state index in [2.05, 4.69) is 158 Å². The first-order valence-corrected chi connectivity index (χ1v) is 19.6. The fraction of sp³-hybridized carbons (Fsp3) is 0.176. The molecule has 1 N–H and O–H groups in total. The summed E-state index contributed by atoms with van der Waals surface area (Å²) in [5, 5.41) is 7.43. The standard InChI is InChI=1S/C51H50N4/c1-7-11-12-16-36(6)46-32-39(40-21-24-45-49(33-40)55(10-4)48-26-23-38-17-14-28-53-51(38)50(45)48)22-25-47(46)54-44-30-42(37(15-8-2)20-19-35(5)9-3)29-43(31-44)41-18-13-27-52-34-41/h7,11-35,54H,6,8-10H2,1-5H3/b11-7-,16-12-,20-19-,37-15+. The lowest BCUT2D eigenvalue weighted by atomic mass is 9.95. The Balaban J connectivity index is 1.34. The molecule has 4 heteroatoms. The molecule has 0 bridgehead atoms. The number of allylic oxidation sites excluding steroid dienone is 9. The van der Waals surface area contributed by atoms with Crippen molar-refractivity contribution in [1.29, 1.82) is 0 Å². The number of anilines is 2. The highest BCUT2D eigenvalue weighted by Crippen LogP contribution is 2.39.